The largest absolute Gasteiger partial charge is 0.477 e. The molecule has 6 nitrogen and oxygen atoms in total. The Morgan fingerprint density at radius 2 is 1.88 bits per heavy atom. The van der Waals surface area contributed by atoms with Crippen LogP contribution in [0, 0.1) is 12.7 Å². The Morgan fingerprint density at radius 1 is 1.16 bits per heavy atom. The number of benzene rings is 1. The van der Waals surface area contributed by atoms with Crippen LogP contribution in [0.2, 0.25) is 0 Å². The summed E-state index contributed by atoms with van der Waals surface area (Å²) >= 11 is 0. The molecule has 0 aliphatic heterocycles. The summed E-state index contributed by atoms with van der Waals surface area (Å²) in [4.78, 5) is 28.1. The molecule has 25 heavy (non-hydrogen) atoms. The Balaban J connectivity index is 1.83. The first-order chi connectivity index (χ1) is 12.0. The van der Waals surface area contributed by atoms with Crippen LogP contribution in [0.25, 0.3) is 0 Å². The first-order valence-electron chi connectivity index (χ1n) is 7.93. The van der Waals surface area contributed by atoms with Crippen molar-refractivity contribution in [2.24, 2.45) is 0 Å². The van der Waals surface area contributed by atoms with E-state index in [-0.39, 0.29) is 30.4 Å². The second-order valence-electron chi connectivity index (χ2n) is 5.26. The Bertz CT molecular complexity index is 765. The van der Waals surface area contributed by atoms with Crippen LogP contribution in [0.5, 0.6) is 5.88 Å². The highest BCUT2D eigenvalue weighted by molar-refractivity contribution is 5.96. The number of carbonyl (C=O) groups excluding carboxylic acids is 2. The lowest BCUT2D eigenvalue weighted by Crippen LogP contribution is -2.35. The fraction of sp³-hybridized carbons (Fsp3) is 0.278. The Labute approximate surface area is 145 Å². The summed E-state index contributed by atoms with van der Waals surface area (Å²) in [6, 6.07) is 7.54. The van der Waals surface area contributed by atoms with E-state index in [1.807, 2.05) is 0 Å². The van der Waals surface area contributed by atoms with Gasteiger partial charge in [-0.15, -0.1) is 0 Å². The highest BCUT2D eigenvalue weighted by Gasteiger charge is 2.13. The predicted octanol–water partition coefficient (Wildman–Crippen LogP) is 2.09. The molecule has 7 heteroatoms. The molecule has 0 atom stereocenters. The minimum Gasteiger partial charge on any atom is -0.477 e. The van der Waals surface area contributed by atoms with Crippen LogP contribution in [0.3, 0.4) is 0 Å². The normalized spacial score (nSPS) is 10.2. The summed E-state index contributed by atoms with van der Waals surface area (Å²) in [5.41, 5.74) is 1.04. The number of carbonyl (C=O) groups is 2. The van der Waals surface area contributed by atoms with Crippen molar-refractivity contribution < 1.29 is 18.7 Å². The topological polar surface area (TPSA) is 80.3 Å². The van der Waals surface area contributed by atoms with Crippen LogP contribution in [0.4, 0.5) is 4.39 Å². The van der Waals surface area contributed by atoms with Gasteiger partial charge in [-0.05, 0) is 43.7 Å². The number of amides is 2. The number of nitrogens with zero attached hydrogens (tertiary/aromatic N) is 1. The van der Waals surface area contributed by atoms with Crippen molar-refractivity contribution in [3.63, 3.8) is 0 Å². The summed E-state index contributed by atoms with van der Waals surface area (Å²) in [5.74, 6) is -0.903. The van der Waals surface area contributed by atoms with Crippen molar-refractivity contribution in [1.29, 1.82) is 0 Å². The molecule has 0 unspecified atom stereocenters. The van der Waals surface area contributed by atoms with Crippen molar-refractivity contribution in [2.75, 3.05) is 19.7 Å². The molecular formula is C18H20FN3O3. The van der Waals surface area contributed by atoms with Gasteiger partial charge in [-0.1, -0.05) is 6.07 Å². The number of nitrogens with one attached hydrogen (secondary N) is 2. The average Bonchev–Trinajstić information content (AvgIpc) is 2.61. The smallest absolute Gasteiger partial charge is 0.256 e. The van der Waals surface area contributed by atoms with Gasteiger partial charge >= 0.3 is 0 Å². The van der Waals surface area contributed by atoms with Gasteiger partial charge in [-0.2, -0.15) is 0 Å². The van der Waals surface area contributed by atoms with E-state index < -0.39 is 11.7 Å². The van der Waals surface area contributed by atoms with Gasteiger partial charge < -0.3 is 15.4 Å². The van der Waals surface area contributed by atoms with E-state index in [0.29, 0.717) is 17.7 Å². The fourth-order valence-corrected chi connectivity index (χ4v) is 2.10. The van der Waals surface area contributed by atoms with Gasteiger partial charge in [0.25, 0.3) is 11.8 Å². The lowest BCUT2D eigenvalue weighted by Gasteiger charge is -2.10. The van der Waals surface area contributed by atoms with Crippen molar-refractivity contribution >= 4 is 11.8 Å². The maximum atomic E-state index is 13.5. The predicted molar refractivity (Wildman–Crippen MR) is 91.2 cm³/mol. The quantitative estimate of drug-likeness (QED) is 0.753. The average molecular weight is 345 g/mol. The minimum atomic E-state index is -0.430. The highest BCUT2D eigenvalue weighted by Crippen LogP contribution is 2.13. The molecular weight excluding hydrogens is 325 g/mol. The lowest BCUT2D eigenvalue weighted by atomic mass is 10.1. The summed E-state index contributed by atoms with van der Waals surface area (Å²) < 4.78 is 18.8. The monoisotopic (exact) mass is 345 g/mol. The number of halogens is 1. The zero-order chi connectivity index (χ0) is 18.2. The molecule has 0 spiro atoms. The van der Waals surface area contributed by atoms with E-state index in [1.54, 1.807) is 44.3 Å². The lowest BCUT2D eigenvalue weighted by molar-refractivity contribution is 0.0925. The maximum Gasteiger partial charge on any atom is 0.256 e. The second-order valence-corrected chi connectivity index (χ2v) is 5.26. The summed E-state index contributed by atoms with van der Waals surface area (Å²) in [5, 5.41) is 5.30. The molecule has 1 aromatic carbocycles. The number of rotatable bonds is 7. The van der Waals surface area contributed by atoms with E-state index in [1.165, 1.54) is 6.07 Å². The van der Waals surface area contributed by atoms with E-state index in [9.17, 15) is 14.0 Å². The molecule has 0 aliphatic carbocycles. The van der Waals surface area contributed by atoms with E-state index in [0.717, 1.165) is 0 Å². The molecule has 1 heterocycles. The first-order valence-corrected chi connectivity index (χ1v) is 7.93. The van der Waals surface area contributed by atoms with Crippen molar-refractivity contribution in [1.82, 2.24) is 15.6 Å². The van der Waals surface area contributed by atoms with E-state index in [4.69, 9.17) is 4.74 Å². The Morgan fingerprint density at radius 3 is 2.56 bits per heavy atom. The molecule has 2 aromatic rings. The molecule has 0 saturated heterocycles. The van der Waals surface area contributed by atoms with Crippen molar-refractivity contribution in [2.45, 2.75) is 13.8 Å². The highest BCUT2D eigenvalue weighted by atomic mass is 19.1. The minimum absolute atomic E-state index is 0.213. The molecule has 2 rings (SSSR count). The number of aromatic nitrogens is 1. The maximum absolute atomic E-state index is 13.5. The second kappa shape index (κ2) is 8.77. The van der Waals surface area contributed by atoms with Crippen molar-refractivity contribution in [3.05, 3.63) is 59.0 Å². The van der Waals surface area contributed by atoms with Crippen LogP contribution in [-0.4, -0.2) is 36.5 Å². The molecule has 2 amide bonds. The van der Waals surface area contributed by atoms with Crippen LogP contribution in [-0.2, 0) is 0 Å². The van der Waals surface area contributed by atoms with Gasteiger partial charge in [0.2, 0.25) is 5.88 Å². The number of hydrogen-bond acceptors (Lipinski definition) is 4. The van der Waals surface area contributed by atoms with Crippen LogP contribution in [0.1, 0.15) is 33.2 Å². The third kappa shape index (κ3) is 5.00. The van der Waals surface area contributed by atoms with Crippen LogP contribution >= 0.6 is 0 Å². The zero-order valence-corrected chi connectivity index (χ0v) is 14.1. The van der Waals surface area contributed by atoms with E-state index >= 15 is 0 Å². The number of pyridine rings is 1. The molecule has 132 valence electrons. The number of ether oxygens (including phenoxy) is 1. The van der Waals surface area contributed by atoms with Gasteiger partial charge in [0.1, 0.15) is 11.4 Å². The summed E-state index contributed by atoms with van der Waals surface area (Å²) in [6.45, 7) is 4.27. The number of aryl methyl sites for hydroxylation is 1. The molecule has 2 N–H and O–H groups in total. The molecule has 0 bridgehead atoms. The zero-order valence-electron chi connectivity index (χ0n) is 14.1. The Hall–Kier alpha value is -2.96. The number of hydrogen-bond donors (Lipinski definition) is 2. The summed E-state index contributed by atoms with van der Waals surface area (Å²) in [6.07, 6.45) is 1.54. The third-order valence-electron chi connectivity index (χ3n) is 3.43. The van der Waals surface area contributed by atoms with Gasteiger partial charge in [-0.3, -0.25) is 9.59 Å². The van der Waals surface area contributed by atoms with Crippen molar-refractivity contribution in [3.8, 4) is 5.88 Å². The van der Waals surface area contributed by atoms with Crippen LogP contribution in [0.15, 0.2) is 36.5 Å². The van der Waals surface area contributed by atoms with Gasteiger partial charge in [0, 0.05) is 24.8 Å². The van der Waals surface area contributed by atoms with Gasteiger partial charge in [0.05, 0.1) is 6.61 Å². The van der Waals surface area contributed by atoms with Gasteiger partial charge in [-0.25, -0.2) is 9.37 Å². The fourth-order valence-electron chi connectivity index (χ4n) is 2.10. The molecule has 0 radical (unpaired) electrons. The SMILES string of the molecule is CCOc1ncccc1C(=O)NCCNC(=O)c1ccc(C)c(F)c1. The third-order valence-corrected chi connectivity index (χ3v) is 3.43. The molecule has 0 aliphatic rings. The standard InChI is InChI=1S/C18H20FN3O3/c1-3-25-18-14(5-4-8-22-18)17(24)21-10-9-20-16(23)13-7-6-12(2)15(19)11-13/h4-8,11H,3,9-10H2,1-2H3,(H,20,23)(H,21,24). The first kappa shape index (κ1) is 18.4. The molecule has 1 aromatic heterocycles. The van der Waals surface area contributed by atoms with Gasteiger partial charge in [0.15, 0.2) is 0 Å². The van der Waals surface area contributed by atoms with E-state index in [2.05, 4.69) is 15.6 Å². The Kier molecular flexibility index (Phi) is 6.45. The molecule has 0 fully saturated rings. The summed E-state index contributed by atoms with van der Waals surface area (Å²) in [7, 11) is 0. The molecule has 0 saturated carbocycles. The van der Waals surface area contributed by atoms with Crippen LogP contribution < -0.4 is 15.4 Å².